The van der Waals surface area contributed by atoms with Gasteiger partial charge in [-0.15, -0.1) is 23.2 Å². The van der Waals surface area contributed by atoms with Crippen LogP contribution in [0, 0.1) is 0 Å². The quantitative estimate of drug-likeness (QED) is 0.244. The van der Waals surface area contributed by atoms with E-state index < -0.39 is 17.7 Å². The van der Waals surface area contributed by atoms with Crippen molar-refractivity contribution in [3.63, 3.8) is 0 Å². The summed E-state index contributed by atoms with van der Waals surface area (Å²) in [5, 5.41) is 11.5. The van der Waals surface area contributed by atoms with Crippen molar-refractivity contribution in [3.05, 3.63) is 24.3 Å². The van der Waals surface area contributed by atoms with Gasteiger partial charge in [-0.05, 0) is 42.9 Å². The third kappa shape index (κ3) is 7.29. The number of nitrogens with two attached hydrogens (primary N) is 1. The van der Waals surface area contributed by atoms with Crippen molar-refractivity contribution < 1.29 is 17.5 Å². The molecule has 0 aromatic heterocycles. The van der Waals surface area contributed by atoms with Gasteiger partial charge in [0.15, 0.2) is 5.11 Å². The molecule has 170 valence electrons. The predicted octanol–water partition coefficient (Wildman–Crippen LogP) is 2.23. The van der Waals surface area contributed by atoms with Gasteiger partial charge in [-0.25, -0.2) is 22.9 Å². The van der Waals surface area contributed by atoms with Crippen LogP contribution in [0.2, 0.25) is 0 Å². The Balaban J connectivity index is 1.90. The highest BCUT2D eigenvalue weighted by Crippen LogP contribution is 2.55. The molecule has 4 N–H and O–H groups in total. The molecule has 1 aliphatic heterocycles. The van der Waals surface area contributed by atoms with Crippen LogP contribution in [0.25, 0.3) is 0 Å². The summed E-state index contributed by atoms with van der Waals surface area (Å²) in [6, 6.07) is 5.92. The zero-order chi connectivity index (χ0) is 22.2. The lowest BCUT2D eigenvalue weighted by molar-refractivity contribution is 0.169. The van der Waals surface area contributed by atoms with E-state index in [2.05, 4.69) is 10.6 Å². The first-order chi connectivity index (χ1) is 14.2. The van der Waals surface area contributed by atoms with E-state index in [1.165, 1.54) is 12.1 Å². The predicted molar refractivity (Wildman–Crippen MR) is 125 cm³/mol. The average Bonchev–Trinajstić information content (AvgIpc) is 2.69. The molecule has 0 amide bonds. The lowest BCUT2D eigenvalue weighted by Gasteiger charge is -2.40. The Morgan fingerprint density at radius 2 is 1.90 bits per heavy atom. The summed E-state index contributed by atoms with van der Waals surface area (Å²) in [6.07, 6.45) is 0.776. The standard InChI is InChI=1S/C16H26Cl2N5O4PS2/c17-6-10-23(11-7-18)28(24)22(9-1-13-27-28)12-8-20-16(29)21-14-2-4-15(5-3-14)30(19,25)26/h2-5H,1,6-13H2,(H2,19,25,26)(H2,20,21,29). The Morgan fingerprint density at radius 3 is 2.47 bits per heavy atom. The molecule has 30 heavy (non-hydrogen) atoms. The van der Waals surface area contributed by atoms with Crippen molar-refractivity contribution in [2.45, 2.75) is 11.3 Å². The molecule has 0 radical (unpaired) electrons. The second kappa shape index (κ2) is 11.9. The van der Waals surface area contributed by atoms with E-state index in [0.717, 1.165) is 6.42 Å². The number of sulfonamides is 1. The van der Waals surface area contributed by atoms with Gasteiger partial charge in [0.1, 0.15) is 0 Å². The number of anilines is 1. The minimum atomic E-state index is -3.74. The van der Waals surface area contributed by atoms with Crippen molar-refractivity contribution in [2.24, 2.45) is 5.14 Å². The van der Waals surface area contributed by atoms with Crippen LogP contribution < -0.4 is 15.8 Å². The highest BCUT2D eigenvalue weighted by Gasteiger charge is 2.40. The molecule has 1 aliphatic rings. The molecule has 1 saturated heterocycles. The number of rotatable bonds is 10. The Hall–Kier alpha value is -0.490. The fourth-order valence-corrected chi connectivity index (χ4v) is 6.78. The average molecular weight is 518 g/mol. The lowest BCUT2D eigenvalue weighted by atomic mass is 10.3. The molecule has 0 aliphatic carbocycles. The van der Waals surface area contributed by atoms with Gasteiger partial charge >= 0.3 is 7.67 Å². The first-order valence-electron chi connectivity index (χ1n) is 9.26. The Kier molecular flexibility index (Phi) is 10.3. The largest absolute Gasteiger partial charge is 0.361 e. The Bertz CT molecular complexity index is 854. The second-order valence-electron chi connectivity index (χ2n) is 6.41. The zero-order valence-electron chi connectivity index (χ0n) is 16.3. The van der Waals surface area contributed by atoms with E-state index in [0.29, 0.717) is 61.9 Å². The number of hydrogen-bond donors (Lipinski definition) is 3. The van der Waals surface area contributed by atoms with Gasteiger partial charge in [-0.1, -0.05) is 0 Å². The first-order valence-corrected chi connectivity index (χ1v) is 13.8. The second-order valence-corrected chi connectivity index (χ2v) is 11.5. The lowest BCUT2D eigenvalue weighted by Crippen LogP contribution is -2.42. The smallest absolute Gasteiger partial charge is 0.346 e. The highest BCUT2D eigenvalue weighted by atomic mass is 35.5. The maximum atomic E-state index is 13.5. The minimum Gasteiger partial charge on any atom is -0.361 e. The van der Waals surface area contributed by atoms with Gasteiger partial charge in [0.25, 0.3) is 0 Å². The van der Waals surface area contributed by atoms with Crippen LogP contribution in [0.15, 0.2) is 29.2 Å². The van der Waals surface area contributed by atoms with Gasteiger partial charge < -0.3 is 15.2 Å². The number of nitrogens with zero attached hydrogens (tertiary/aromatic N) is 2. The first kappa shape index (κ1) is 25.8. The molecule has 14 heteroatoms. The number of hydrogen-bond acceptors (Lipinski definition) is 5. The van der Waals surface area contributed by atoms with Gasteiger partial charge in [0, 0.05) is 50.2 Å². The molecule has 1 atom stereocenters. The van der Waals surface area contributed by atoms with Crippen molar-refractivity contribution in [1.82, 2.24) is 14.7 Å². The number of alkyl halides is 2. The maximum absolute atomic E-state index is 13.5. The molecule has 9 nitrogen and oxygen atoms in total. The van der Waals surface area contributed by atoms with E-state index in [1.54, 1.807) is 16.8 Å². The molecule has 1 unspecified atom stereocenters. The van der Waals surface area contributed by atoms with Crippen LogP contribution >= 0.6 is 43.1 Å². The number of halogens is 2. The minimum absolute atomic E-state index is 0.0197. The number of primary sulfonamides is 1. The van der Waals surface area contributed by atoms with Crippen molar-refractivity contribution in [2.75, 3.05) is 56.4 Å². The van der Waals surface area contributed by atoms with Gasteiger partial charge in [0.05, 0.1) is 11.5 Å². The topological polar surface area (TPSA) is 117 Å². The van der Waals surface area contributed by atoms with E-state index in [9.17, 15) is 13.0 Å². The van der Waals surface area contributed by atoms with Gasteiger partial charge in [0.2, 0.25) is 10.0 Å². The third-order valence-corrected chi connectivity index (χ3v) is 8.58. The highest BCUT2D eigenvalue weighted by molar-refractivity contribution is 7.89. The fraction of sp³-hybridized carbons (Fsp3) is 0.562. The summed E-state index contributed by atoms with van der Waals surface area (Å²) in [7, 11) is -6.93. The van der Waals surface area contributed by atoms with E-state index in [4.69, 9.17) is 45.1 Å². The van der Waals surface area contributed by atoms with Crippen LogP contribution in [0.5, 0.6) is 0 Å². The molecular formula is C16H26Cl2N5O4PS2. The summed E-state index contributed by atoms with van der Waals surface area (Å²) in [4.78, 5) is 0.0197. The summed E-state index contributed by atoms with van der Waals surface area (Å²) in [5.41, 5.74) is 0.613. The monoisotopic (exact) mass is 517 g/mol. The summed E-state index contributed by atoms with van der Waals surface area (Å²) in [5.74, 6) is 0.656. The molecule has 0 saturated carbocycles. The van der Waals surface area contributed by atoms with Gasteiger partial charge in [-0.3, -0.25) is 4.57 Å². The van der Waals surface area contributed by atoms with Crippen LogP contribution in [0.3, 0.4) is 0 Å². The SMILES string of the molecule is NS(=O)(=O)c1ccc(NC(=S)NCCN2CCCOP2(=O)N(CCCl)CCCl)cc1. The molecule has 0 bridgehead atoms. The van der Waals surface area contributed by atoms with Crippen LogP contribution in [-0.4, -0.2) is 74.0 Å². The molecule has 1 heterocycles. The van der Waals surface area contributed by atoms with E-state index in [-0.39, 0.29) is 4.90 Å². The van der Waals surface area contributed by atoms with Crippen LogP contribution in [0.4, 0.5) is 5.69 Å². The summed E-state index contributed by atoms with van der Waals surface area (Å²) in [6.45, 7) is 2.79. The van der Waals surface area contributed by atoms with Crippen LogP contribution in [0.1, 0.15) is 6.42 Å². The van der Waals surface area contributed by atoms with Gasteiger partial charge in [-0.2, -0.15) is 0 Å². The van der Waals surface area contributed by atoms with Crippen LogP contribution in [-0.2, 0) is 19.1 Å². The number of nitrogens with one attached hydrogen (secondary N) is 2. The molecule has 1 fully saturated rings. The molecule has 1 aromatic carbocycles. The Labute approximate surface area is 192 Å². The summed E-state index contributed by atoms with van der Waals surface area (Å²) >= 11 is 17.0. The maximum Gasteiger partial charge on any atom is 0.346 e. The van der Waals surface area contributed by atoms with Crippen molar-refractivity contribution >= 4 is 63.9 Å². The van der Waals surface area contributed by atoms with E-state index >= 15 is 0 Å². The number of benzene rings is 1. The zero-order valence-corrected chi connectivity index (χ0v) is 20.3. The van der Waals surface area contributed by atoms with Crippen molar-refractivity contribution in [1.29, 1.82) is 0 Å². The molecule has 1 aromatic rings. The number of thiocarbonyl (C=S) groups is 1. The molecular weight excluding hydrogens is 492 g/mol. The Morgan fingerprint density at radius 1 is 1.27 bits per heavy atom. The van der Waals surface area contributed by atoms with Crippen molar-refractivity contribution in [3.8, 4) is 0 Å². The van der Waals surface area contributed by atoms with E-state index in [1.807, 2.05) is 4.67 Å². The fourth-order valence-electron chi connectivity index (χ4n) is 2.90. The summed E-state index contributed by atoms with van der Waals surface area (Å²) < 4.78 is 45.3. The molecule has 2 rings (SSSR count). The molecule has 0 spiro atoms. The third-order valence-electron chi connectivity index (χ3n) is 4.32. The normalized spacial score (nSPS) is 20.3.